The van der Waals surface area contributed by atoms with E-state index in [2.05, 4.69) is 4.98 Å². The summed E-state index contributed by atoms with van der Waals surface area (Å²) >= 11 is 0. The van der Waals surface area contributed by atoms with Crippen LogP contribution < -0.4 is 11.2 Å². The molecule has 1 aromatic rings. The van der Waals surface area contributed by atoms with E-state index in [0.717, 1.165) is 0 Å². The first-order valence-electron chi connectivity index (χ1n) is 3.95. The molecule has 0 fully saturated rings. The number of carbonyl (C=O) groups is 1. The maximum atomic E-state index is 11.1. The van der Waals surface area contributed by atoms with Gasteiger partial charge in [-0.25, -0.2) is 4.79 Å². The van der Waals surface area contributed by atoms with Crippen LogP contribution in [0.1, 0.15) is 12.5 Å². The minimum Gasteiger partial charge on any atom is -0.301 e. The summed E-state index contributed by atoms with van der Waals surface area (Å²) in [6.45, 7) is 1.78. The largest absolute Gasteiger partial charge is 0.328 e. The molecule has 5 heteroatoms. The molecule has 0 aromatic carbocycles. The van der Waals surface area contributed by atoms with Crippen molar-refractivity contribution in [1.29, 1.82) is 0 Å². The molecule has 0 aliphatic rings. The summed E-state index contributed by atoms with van der Waals surface area (Å²) in [5, 5.41) is 0. The van der Waals surface area contributed by atoms with Gasteiger partial charge in [-0.3, -0.25) is 14.3 Å². The lowest BCUT2D eigenvalue weighted by Crippen LogP contribution is -2.31. The fourth-order valence-corrected chi connectivity index (χ4v) is 1.02. The van der Waals surface area contributed by atoms with Crippen LogP contribution in [0.25, 0.3) is 0 Å². The highest BCUT2D eigenvalue weighted by Gasteiger charge is 2.01. The van der Waals surface area contributed by atoms with Crippen molar-refractivity contribution in [1.82, 2.24) is 9.55 Å². The van der Waals surface area contributed by atoms with E-state index >= 15 is 0 Å². The zero-order valence-corrected chi connectivity index (χ0v) is 7.24. The minimum atomic E-state index is -0.547. The molecule has 0 radical (unpaired) electrons. The number of aldehydes is 1. The van der Waals surface area contributed by atoms with Gasteiger partial charge in [0.05, 0.1) is 6.54 Å². The van der Waals surface area contributed by atoms with Crippen molar-refractivity contribution in [2.45, 2.75) is 19.9 Å². The van der Waals surface area contributed by atoms with Crippen LogP contribution in [0.5, 0.6) is 0 Å². The van der Waals surface area contributed by atoms with E-state index in [-0.39, 0.29) is 12.1 Å². The Labute approximate surface area is 74.0 Å². The van der Waals surface area contributed by atoms with Crippen LogP contribution in [-0.4, -0.2) is 15.8 Å². The second-order valence-electron chi connectivity index (χ2n) is 2.59. The molecule has 0 bridgehead atoms. The van der Waals surface area contributed by atoms with Gasteiger partial charge in [-0.15, -0.1) is 0 Å². The Morgan fingerprint density at radius 3 is 2.77 bits per heavy atom. The van der Waals surface area contributed by atoms with Gasteiger partial charge in [0.2, 0.25) is 0 Å². The molecule has 0 aliphatic carbocycles. The van der Waals surface area contributed by atoms with E-state index in [0.29, 0.717) is 18.3 Å². The van der Waals surface area contributed by atoms with Gasteiger partial charge in [-0.2, -0.15) is 0 Å². The monoisotopic (exact) mass is 182 g/mol. The van der Waals surface area contributed by atoms with E-state index in [1.165, 1.54) is 10.8 Å². The summed E-state index contributed by atoms with van der Waals surface area (Å²) in [5.41, 5.74) is -0.426. The Kier molecular flexibility index (Phi) is 2.79. The summed E-state index contributed by atoms with van der Waals surface area (Å²) in [4.78, 5) is 34.4. The zero-order valence-electron chi connectivity index (χ0n) is 7.24. The minimum absolute atomic E-state index is 0.0252. The number of aromatic amines is 1. The summed E-state index contributed by atoms with van der Waals surface area (Å²) < 4.78 is 1.17. The van der Waals surface area contributed by atoms with Gasteiger partial charge in [0.15, 0.2) is 0 Å². The third-order valence-corrected chi connectivity index (χ3v) is 1.74. The van der Waals surface area contributed by atoms with Crippen LogP contribution in [0.4, 0.5) is 0 Å². The van der Waals surface area contributed by atoms with E-state index in [1.807, 2.05) is 0 Å². The fourth-order valence-electron chi connectivity index (χ4n) is 1.02. The normalized spacial score (nSPS) is 9.92. The molecule has 0 spiro atoms. The molecular formula is C8H10N2O3. The first-order chi connectivity index (χ1) is 6.19. The molecule has 5 nitrogen and oxygen atoms in total. The molecular weight excluding hydrogens is 172 g/mol. The lowest BCUT2D eigenvalue weighted by atomic mass is 10.3. The van der Waals surface area contributed by atoms with Crippen molar-refractivity contribution in [2.24, 2.45) is 0 Å². The molecule has 0 unspecified atom stereocenters. The molecule has 70 valence electrons. The summed E-state index contributed by atoms with van der Waals surface area (Å²) in [7, 11) is 0. The van der Waals surface area contributed by atoms with Gasteiger partial charge in [-0.1, -0.05) is 6.92 Å². The SMILES string of the molecule is CCc1cn(CC=O)c(=O)[nH]c1=O. The van der Waals surface area contributed by atoms with Crippen molar-refractivity contribution in [3.8, 4) is 0 Å². The van der Waals surface area contributed by atoms with Crippen molar-refractivity contribution in [3.63, 3.8) is 0 Å². The molecule has 1 rings (SSSR count). The van der Waals surface area contributed by atoms with Gasteiger partial charge in [0.25, 0.3) is 5.56 Å². The summed E-state index contributed by atoms with van der Waals surface area (Å²) in [5.74, 6) is 0. The van der Waals surface area contributed by atoms with Crippen molar-refractivity contribution >= 4 is 6.29 Å². The van der Waals surface area contributed by atoms with Crippen LogP contribution in [-0.2, 0) is 17.8 Å². The van der Waals surface area contributed by atoms with E-state index in [1.54, 1.807) is 6.92 Å². The van der Waals surface area contributed by atoms with E-state index in [4.69, 9.17) is 0 Å². The summed E-state index contributed by atoms with van der Waals surface area (Å²) in [6, 6.07) is 0. The highest BCUT2D eigenvalue weighted by molar-refractivity contribution is 5.48. The molecule has 0 atom stereocenters. The van der Waals surface area contributed by atoms with E-state index in [9.17, 15) is 14.4 Å². The number of carbonyl (C=O) groups excluding carboxylic acids is 1. The van der Waals surface area contributed by atoms with E-state index < -0.39 is 5.69 Å². The highest BCUT2D eigenvalue weighted by atomic mass is 16.2. The molecule has 0 saturated heterocycles. The lowest BCUT2D eigenvalue weighted by molar-refractivity contribution is -0.108. The summed E-state index contributed by atoms with van der Waals surface area (Å²) in [6.07, 6.45) is 2.56. The number of hydrogen-bond donors (Lipinski definition) is 1. The van der Waals surface area contributed by atoms with Gasteiger partial charge >= 0.3 is 5.69 Å². The maximum absolute atomic E-state index is 11.1. The van der Waals surface area contributed by atoms with Gasteiger partial charge < -0.3 is 4.79 Å². The number of hydrogen-bond acceptors (Lipinski definition) is 3. The second-order valence-corrected chi connectivity index (χ2v) is 2.59. The Morgan fingerprint density at radius 1 is 1.54 bits per heavy atom. The zero-order chi connectivity index (χ0) is 9.84. The first-order valence-corrected chi connectivity index (χ1v) is 3.95. The second kappa shape index (κ2) is 3.84. The molecule has 0 aliphatic heterocycles. The number of aryl methyl sites for hydroxylation is 1. The lowest BCUT2D eigenvalue weighted by Gasteiger charge is -2.01. The first kappa shape index (κ1) is 9.44. The Bertz CT molecular complexity index is 416. The van der Waals surface area contributed by atoms with Crippen LogP contribution in [0.3, 0.4) is 0 Å². The Morgan fingerprint density at radius 2 is 2.23 bits per heavy atom. The highest BCUT2D eigenvalue weighted by Crippen LogP contribution is 1.87. The fraction of sp³-hybridized carbons (Fsp3) is 0.375. The quantitative estimate of drug-likeness (QED) is 0.628. The number of H-pyrrole nitrogens is 1. The number of nitrogens with zero attached hydrogens (tertiary/aromatic N) is 1. The molecule has 1 heterocycles. The van der Waals surface area contributed by atoms with Gasteiger partial charge in [0.1, 0.15) is 6.29 Å². The molecule has 13 heavy (non-hydrogen) atoms. The third kappa shape index (κ3) is 1.93. The maximum Gasteiger partial charge on any atom is 0.328 e. The van der Waals surface area contributed by atoms with Crippen LogP contribution in [0.2, 0.25) is 0 Å². The number of nitrogens with one attached hydrogen (secondary N) is 1. The Hall–Kier alpha value is -1.65. The predicted molar refractivity (Wildman–Crippen MR) is 46.8 cm³/mol. The van der Waals surface area contributed by atoms with Crippen molar-refractivity contribution < 1.29 is 4.79 Å². The van der Waals surface area contributed by atoms with Gasteiger partial charge in [0, 0.05) is 11.8 Å². The number of rotatable bonds is 3. The topological polar surface area (TPSA) is 71.9 Å². The molecule has 0 amide bonds. The van der Waals surface area contributed by atoms with Crippen LogP contribution in [0, 0.1) is 0 Å². The van der Waals surface area contributed by atoms with Crippen LogP contribution >= 0.6 is 0 Å². The molecule has 0 saturated carbocycles. The Balaban J connectivity index is 3.30. The standard InChI is InChI=1S/C8H10N2O3/c1-2-6-5-10(3-4-11)8(13)9-7(6)12/h4-5H,2-3H2,1H3,(H,9,12,13). The molecule has 1 aromatic heterocycles. The average molecular weight is 182 g/mol. The van der Waals surface area contributed by atoms with Crippen molar-refractivity contribution in [3.05, 3.63) is 32.6 Å². The third-order valence-electron chi connectivity index (χ3n) is 1.74. The van der Waals surface area contributed by atoms with Crippen LogP contribution in [0.15, 0.2) is 15.8 Å². The smallest absolute Gasteiger partial charge is 0.301 e. The molecule has 1 N–H and O–H groups in total. The average Bonchev–Trinajstić information content (AvgIpc) is 2.10. The predicted octanol–water partition coefficient (Wildman–Crippen LogP) is -0.702. The van der Waals surface area contributed by atoms with Crippen molar-refractivity contribution in [2.75, 3.05) is 0 Å². The number of aromatic nitrogens is 2. The van der Waals surface area contributed by atoms with Gasteiger partial charge in [-0.05, 0) is 6.42 Å².